The van der Waals surface area contributed by atoms with E-state index in [1.165, 1.54) is 17.2 Å². The van der Waals surface area contributed by atoms with Crippen molar-refractivity contribution in [2.24, 2.45) is 0 Å². The minimum atomic E-state index is -0.415. The lowest BCUT2D eigenvalue weighted by atomic mass is 10.1. The molecule has 1 aliphatic heterocycles. The SMILES string of the molecule is N#Cc1c(N2CCCCC2)nn(-c2ccccc2F)c1N. The zero-order valence-electron chi connectivity index (χ0n) is 11.6. The van der Waals surface area contributed by atoms with Crippen LogP contribution in [0, 0.1) is 17.1 Å². The predicted octanol–water partition coefficient (Wildman–Crippen LogP) is 2.46. The van der Waals surface area contributed by atoms with Gasteiger partial charge in [0.2, 0.25) is 0 Å². The van der Waals surface area contributed by atoms with Crippen LogP contribution in [-0.4, -0.2) is 22.9 Å². The molecule has 1 aromatic carbocycles. The van der Waals surface area contributed by atoms with Crippen LogP contribution in [0.25, 0.3) is 5.69 Å². The third-order valence-electron chi connectivity index (χ3n) is 3.75. The Morgan fingerprint density at radius 2 is 1.90 bits per heavy atom. The van der Waals surface area contributed by atoms with E-state index in [2.05, 4.69) is 16.1 Å². The van der Waals surface area contributed by atoms with Gasteiger partial charge in [-0.3, -0.25) is 0 Å². The number of halogens is 1. The first-order valence-corrected chi connectivity index (χ1v) is 7.01. The van der Waals surface area contributed by atoms with Gasteiger partial charge < -0.3 is 10.6 Å². The molecule has 1 fully saturated rings. The van der Waals surface area contributed by atoms with Crippen LogP contribution in [0.15, 0.2) is 24.3 Å². The van der Waals surface area contributed by atoms with Crippen LogP contribution in [0.1, 0.15) is 24.8 Å². The number of piperidine rings is 1. The van der Waals surface area contributed by atoms with Gasteiger partial charge in [0.25, 0.3) is 0 Å². The first kappa shape index (κ1) is 13.4. The maximum atomic E-state index is 13.9. The van der Waals surface area contributed by atoms with E-state index in [0.717, 1.165) is 25.9 Å². The van der Waals surface area contributed by atoms with E-state index in [9.17, 15) is 9.65 Å². The first-order chi connectivity index (χ1) is 10.2. The maximum absolute atomic E-state index is 13.9. The highest BCUT2D eigenvalue weighted by Gasteiger charge is 2.23. The molecule has 6 heteroatoms. The fraction of sp³-hybridized carbons (Fsp3) is 0.333. The number of hydrogen-bond acceptors (Lipinski definition) is 4. The number of nitrogens with zero attached hydrogens (tertiary/aromatic N) is 4. The lowest BCUT2D eigenvalue weighted by molar-refractivity contribution is 0.569. The van der Waals surface area contributed by atoms with Gasteiger partial charge >= 0.3 is 0 Å². The van der Waals surface area contributed by atoms with Gasteiger partial charge in [0.15, 0.2) is 5.82 Å². The highest BCUT2D eigenvalue weighted by atomic mass is 19.1. The smallest absolute Gasteiger partial charge is 0.171 e. The molecule has 2 aromatic rings. The zero-order valence-corrected chi connectivity index (χ0v) is 11.6. The zero-order chi connectivity index (χ0) is 14.8. The molecule has 1 aliphatic rings. The Kier molecular flexibility index (Phi) is 3.48. The molecule has 108 valence electrons. The minimum Gasteiger partial charge on any atom is -0.382 e. The molecule has 0 aliphatic carbocycles. The summed E-state index contributed by atoms with van der Waals surface area (Å²) in [5, 5.41) is 13.7. The van der Waals surface area contributed by atoms with Gasteiger partial charge in [-0.1, -0.05) is 12.1 Å². The van der Waals surface area contributed by atoms with Crippen molar-refractivity contribution in [3.8, 4) is 11.8 Å². The highest BCUT2D eigenvalue weighted by molar-refractivity contribution is 5.67. The Labute approximate surface area is 122 Å². The molecule has 5 nitrogen and oxygen atoms in total. The summed E-state index contributed by atoms with van der Waals surface area (Å²) < 4.78 is 15.2. The minimum absolute atomic E-state index is 0.183. The molecule has 2 N–H and O–H groups in total. The molecule has 0 atom stereocenters. The van der Waals surface area contributed by atoms with Crippen molar-refractivity contribution in [1.82, 2.24) is 9.78 Å². The molecule has 0 spiro atoms. The van der Waals surface area contributed by atoms with Gasteiger partial charge in [0, 0.05) is 13.1 Å². The van der Waals surface area contributed by atoms with Crippen molar-refractivity contribution >= 4 is 11.6 Å². The predicted molar refractivity (Wildman–Crippen MR) is 78.7 cm³/mol. The van der Waals surface area contributed by atoms with E-state index in [0.29, 0.717) is 11.4 Å². The van der Waals surface area contributed by atoms with E-state index in [-0.39, 0.29) is 11.5 Å². The van der Waals surface area contributed by atoms with Gasteiger partial charge in [0.05, 0.1) is 0 Å². The molecule has 0 saturated carbocycles. The first-order valence-electron chi connectivity index (χ1n) is 7.01. The van der Waals surface area contributed by atoms with Crippen molar-refractivity contribution in [3.63, 3.8) is 0 Å². The quantitative estimate of drug-likeness (QED) is 0.920. The Bertz CT molecular complexity index is 695. The standard InChI is InChI=1S/C15H16FN5/c16-12-6-2-3-7-13(12)21-14(18)11(10-17)15(19-21)20-8-4-1-5-9-20/h2-3,6-7H,1,4-5,8-9,18H2. The molecular weight excluding hydrogens is 269 g/mol. The van der Waals surface area contributed by atoms with Crippen molar-refractivity contribution in [2.75, 3.05) is 23.7 Å². The monoisotopic (exact) mass is 285 g/mol. The number of anilines is 2. The van der Waals surface area contributed by atoms with Gasteiger partial charge in [0.1, 0.15) is 29.0 Å². The third-order valence-corrected chi connectivity index (χ3v) is 3.75. The molecule has 0 amide bonds. The van der Waals surface area contributed by atoms with Crippen LogP contribution in [0.2, 0.25) is 0 Å². The molecule has 1 aromatic heterocycles. The normalized spacial score (nSPS) is 15.0. The molecule has 0 unspecified atom stereocenters. The summed E-state index contributed by atoms with van der Waals surface area (Å²) in [6, 6.07) is 8.37. The second-order valence-corrected chi connectivity index (χ2v) is 5.11. The van der Waals surface area contributed by atoms with E-state index in [1.807, 2.05) is 0 Å². The van der Waals surface area contributed by atoms with Gasteiger partial charge in [-0.2, -0.15) is 5.26 Å². The fourth-order valence-electron chi connectivity index (χ4n) is 2.66. The average molecular weight is 285 g/mol. The Morgan fingerprint density at radius 1 is 1.19 bits per heavy atom. The second kappa shape index (κ2) is 5.44. The van der Waals surface area contributed by atoms with Crippen LogP contribution in [0.4, 0.5) is 16.0 Å². The lowest BCUT2D eigenvalue weighted by Crippen LogP contribution is -2.30. The number of nitrogens with two attached hydrogens (primary N) is 1. The Morgan fingerprint density at radius 3 is 2.57 bits per heavy atom. The maximum Gasteiger partial charge on any atom is 0.171 e. The Balaban J connectivity index is 2.09. The van der Waals surface area contributed by atoms with Crippen LogP contribution in [-0.2, 0) is 0 Å². The van der Waals surface area contributed by atoms with E-state index in [4.69, 9.17) is 5.73 Å². The average Bonchev–Trinajstić information content (AvgIpc) is 2.85. The van der Waals surface area contributed by atoms with Gasteiger partial charge in [-0.25, -0.2) is 9.07 Å². The number of para-hydroxylation sites is 1. The van der Waals surface area contributed by atoms with Crippen LogP contribution < -0.4 is 10.6 Å². The summed E-state index contributed by atoms with van der Waals surface area (Å²) in [6.45, 7) is 1.70. The summed E-state index contributed by atoms with van der Waals surface area (Å²) in [7, 11) is 0. The fourth-order valence-corrected chi connectivity index (χ4v) is 2.66. The summed E-state index contributed by atoms with van der Waals surface area (Å²) in [5.41, 5.74) is 6.59. The molecule has 2 heterocycles. The van der Waals surface area contributed by atoms with Crippen LogP contribution in [0.3, 0.4) is 0 Å². The highest BCUT2D eigenvalue weighted by Crippen LogP contribution is 2.29. The lowest BCUT2D eigenvalue weighted by Gasteiger charge is -2.26. The van der Waals surface area contributed by atoms with Crippen LogP contribution in [0.5, 0.6) is 0 Å². The topological polar surface area (TPSA) is 70.9 Å². The molecule has 1 saturated heterocycles. The van der Waals surface area contributed by atoms with Crippen LogP contribution >= 0.6 is 0 Å². The van der Waals surface area contributed by atoms with Gasteiger partial charge in [-0.15, -0.1) is 5.10 Å². The number of rotatable bonds is 2. The summed E-state index contributed by atoms with van der Waals surface area (Å²) in [6.07, 6.45) is 3.32. The number of hydrogen-bond donors (Lipinski definition) is 1. The number of benzene rings is 1. The molecule has 0 radical (unpaired) electrons. The molecule has 21 heavy (non-hydrogen) atoms. The molecule has 0 bridgehead atoms. The van der Waals surface area contributed by atoms with Crippen molar-refractivity contribution in [2.45, 2.75) is 19.3 Å². The molecular formula is C15H16FN5. The number of nitriles is 1. The van der Waals surface area contributed by atoms with Crippen molar-refractivity contribution in [1.29, 1.82) is 5.26 Å². The third kappa shape index (κ3) is 2.31. The largest absolute Gasteiger partial charge is 0.382 e. The summed E-state index contributed by atoms with van der Waals surface area (Å²) in [5.74, 6) is 0.322. The molecule has 3 rings (SSSR count). The Hall–Kier alpha value is -2.55. The number of nitrogen functional groups attached to an aromatic ring is 1. The van der Waals surface area contributed by atoms with E-state index in [1.54, 1.807) is 18.2 Å². The van der Waals surface area contributed by atoms with Crippen molar-refractivity contribution in [3.05, 3.63) is 35.6 Å². The van der Waals surface area contributed by atoms with Gasteiger partial charge in [-0.05, 0) is 31.4 Å². The summed E-state index contributed by atoms with van der Waals surface area (Å²) >= 11 is 0. The summed E-state index contributed by atoms with van der Waals surface area (Å²) in [4.78, 5) is 2.05. The second-order valence-electron chi connectivity index (χ2n) is 5.11. The van der Waals surface area contributed by atoms with E-state index < -0.39 is 5.82 Å². The number of aromatic nitrogens is 2. The van der Waals surface area contributed by atoms with Crippen molar-refractivity contribution < 1.29 is 4.39 Å². The van der Waals surface area contributed by atoms with E-state index >= 15 is 0 Å².